The molecule has 86 valence electrons. The van der Waals surface area contributed by atoms with Gasteiger partial charge in [0.25, 0.3) is 0 Å². The fourth-order valence-electron chi connectivity index (χ4n) is 1.11. The molecule has 0 unspecified atom stereocenters. The smallest absolute Gasteiger partial charge is 0.325 e. The first-order chi connectivity index (χ1) is 7.52. The summed E-state index contributed by atoms with van der Waals surface area (Å²) in [4.78, 5) is 23.5. The molecule has 5 heteroatoms. The van der Waals surface area contributed by atoms with E-state index < -0.39 is 18.0 Å². The summed E-state index contributed by atoms with van der Waals surface area (Å²) in [6.07, 6.45) is 0. The Balaban J connectivity index is 2.65. The minimum atomic E-state index is -1.06. The van der Waals surface area contributed by atoms with Gasteiger partial charge in [-0.25, -0.2) is 4.79 Å². The maximum Gasteiger partial charge on any atom is 0.325 e. The number of nitrogens with zero attached hydrogens (tertiary/aromatic N) is 1. The second kappa shape index (κ2) is 5.16. The zero-order chi connectivity index (χ0) is 12.1. The van der Waals surface area contributed by atoms with Crippen LogP contribution in [0.1, 0.15) is 6.92 Å². The molecule has 0 aromatic heterocycles. The van der Waals surface area contributed by atoms with E-state index in [1.54, 1.807) is 31.3 Å². The Hall–Kier alpha value is -2.04. The lowest BCUT2D eigenvalue weighted by Gasteiger charge is -2.19. The van der Waals surface area contributed by atoms with Crippen molar-refractivity contribution in [2.24, 2.45) is 0 Å². The van der Waals surface area contributed by atoms with Crippen molar-refractivity contribution in [1.82, 2.24) is 5.32 Å². The fraction of sp³-hybridized carbons (Fsp3) is 0.273. The van der Waals surface area contributed by atoms with E-state index in [4.69, 9.17) is 5.11 Å². The number of carboxylic acid groups (broad SMARTS) is 1. The highest BCUT2D eigenvalue weighted by atomic mass is 16.4. The number of para-hydroxylation sites is 1. The number of carbonyl (C=O) groups is 2. The van der Waals surface area contributed by atoms with Gasteiger partial charge in [-0.05, 0) is 19.1 Å². The van der Waals surface area contributed by atoms with Crippen LogP contribution in [0, 0.1) is 0 Å². The molecular formula is C11H14N2O3. The molecule has 2 N–H and O–H groups in total. The average molecular weight is 222 g/mol. The van der Waals surface area contributed by atoms with Gasteiger partial charge in [0, 0.05) is 12.7 Å². The van der Waals surface area contributed by atoms with Gasteiger partial charge in [0.1, 0.15) is 6.04 Å². The SMILES string of the molecule is C[C@H](NC(=O)N(C)c1ccccc1)C(=O)O. The van der Waals surface area contributed by atoms with Crippen molar-refractivity contribution in [2.45, 2.75) is 13.0 Å². The Morgan fingerprint density at radius 3 is 2.38 bits per heavy atom. The molecule has 0 aliphatic heterocycles. The first-order valence-corrected chi connectivity index (χ1v) is 4.84. The monoisotopic (exact) mass is 222 g/mol. The van der Waals surface area contributed by atoms with Crippen LogP contribution in [0.15, 0.2) is 30.3 Å². The van der Waals surface area contributed by atoms with Gasteiger partial charge in [0.2, 0.25) is 0 Å². The molecule has 0 aliphatic rings. The van der Waals surface area contributed by atoms with Crippen molar-refractivity contribution in [3.05, 3.63) is 30.3 Å². The summed E-state index contributed by atoms with van der Waals surface area (Å²) in [6, 6.07) is 7.64. The molecule has 0 fully saturated rings. The van der Waals surface area contributed by atoms with Crippen molar-refractivity contribution in [3.63, 3.8) is 0 Å². The molecule has 0 saturated carbocycles. The van der Waals surface area contributed by atoms with Gasteiger partial charge in [0.15, 0.2) is 0 Å². The normalized spacial score (nSPS) is 11.6. The Bertz CT molecular complexity index is 378. The first kappa shape index (κ1) is 12.0. The van der Waals surface area contributed by atoms with E-state index in [9.17, 15) is 9.59 Å². The van der Waals surface area contributed by atoms with Gasteiger partial charge < -0.3 is 10.4 Å². The molecule has 5 nitrogen and oxygen atoms in total. The molecule has 1 aromatic rings. The number of rotatable bonds is 3. The van der Waals surface area contributed by atoms with E-state index in [1.807, 2.05) is 6.07 Å². The quantitative estimate of drug-likeness (QED) is 0.810. The summed E-state index contributed by atoms with van der Waals surface area (Å²) in [7, 11) is 1.58. The zero-order valence-electron chi connectivity index (χ0n) is 9.18. The molecule has 0 heterocycles. The number of benzene rings is 1. The predicted octanol–water partition coefficient (Wildman–Crippen LogP) is 1.31. The van der Waals surface area contributed by atoms with Gasteiger partial charge in [-0.15, -0.1) is 0 Å². The van der Waals surface area contributed by atoms with Crippen LogP contribution in [0.2, 0.25) is 0 Å². The molecule has 0 saturated heterocycles. The fourth-order valence-corrected chi connectivity index (χ4v) is 1.11. The van der Waals surface area contributed by atoms with Gasteiger partial charge in [-0.3, -0.25) is 9.69 Å². The lowest BCUT2D eigenvalue weighted by atomic mass is 10.3. The van der Waals surface area contributed by atoms with Gasteiger partial charge >= 0.3 is 12.0 Å². The molecule has 2 amide bonds. The van der Waals surface area contributed by atoms with Crippen LogP contribution < -0.4 is 10.2 Å². The van der Waals surface area contributed by atoms with E-state index in [-0.39, 0.29) is 0 Å². The van der Waals surface area contributed by atoms with Crippen molar-refractivity contribution >= 4 is 17.7 Å². The zero-order valence-corrected chi connectivity index (χ0v) is 9.18. The minimum Gasteiger partial charge on any atom is -0.480 e. The van der Waals surface area contributed by atoms with E-state index in [2.05, 4.69) is 5.32 Å². The van der Waals surface area contributed by atoms with Gasteiger partial charge in [-0.1, -0.05) is 18.2 Å². The topological polar surface area (TPSA) is 69.6 Å². The molecule has 0 bridgehead atoms. The molecule has 0 aliphatic carbocycles. The van der Waals surface area contributed by atoms with Gasteiger partial charge in [0.05, 0.1) is 0 Å². The van der Waals surface area contributed by atoms with Crippen LogP contribution in [0.5, 0.6) is 0 Å². The number of amides is 2. The van der Waals surface area contributed by atoms with E-state index >= 15 is 0 Å². The summed E-state index contributed by atoms with van der Waals surface area (Å²) in [6.45, 7) is 1.42. The summed E-state index contributed by atoms with van der Waals surface area (Å²) in [5.74, 6) is -1.06. The number of nitrogens with one attached hydrogen (secondary N) is 1. The Kier molecular flexibility index (Phi) is 3.88. The van der Waals surface area contributed by atoms with E-state index in [1.165, 1.54) is 11.8 Å². The summed E-state index contributed by atoms with van der Waals surface area (Å²) in [5.41, 5.74) is 0.706. The number of carboxylic acids is 1. The van der Waals surface area contributed by atoms with Crippen molar-refractivity contribution in [3.8, 4) is 0 Å². The largest absolute Gasteiger partial charge is 0.480 e. The number of hydrogen-bond donors (Lipinski definition) is 2. The third-order valence-electron chi connectivity index (χ3n) is 2.16. The Labute approximate surface area is 93.7 Å². The van der Waals surface area contributed by atoms with Crippen molar-refractivity contribution < 1.29 is 14.7 Å². The van der Waals surface area contributed by atoms with Crippen LogP contribution in [-0.4, -0.2) is 30.2 Å². The van der Waals surface area contributed by atoms with Crippen LogP contribution >= 0.6 is 0 Å². The standard InChI is InChI=1S/C11H14N2O3/c1-8(10(14)15)12-11(16)13(2)9-6-4-3-5-7-9/h3-8H,1-2H3,(H,12,16)(H,14,15)/t8-/m0/s1. The molecular weight excluding hydrogens is 208 g/mol. The highest BCUT2D eigenvalue weighted by Gasteiger charge is 2.17. The lowest BCUT2D eigenvalue weighted by Crippen LogP contribution is -2.45. The molecule has 0 spiro atoms. The molecule has 0 radical (unpaired) electrons. The number of carbonyl (C=O) groups excluding carboxylic acids is 1. The minimum absolute atomic E-state index is 0.443. The molecule has 1 rings (SSSR count). The number of anilines is 1. The summed E-state index contributed by atoms with van der Waals surface area (Å²) < 4.78 is 0. The third-order valence-corrected chi connectivity index (χ3v) is 2.16. The average Bonchev–Trinajstić information content (AvgIpc) is 2.28. The second-order valence-corrected chi connectivity index (χ2v) is 3.40. The van der Waals surface area contributed by atoms with Crippen LogP contribution in [0.3, 0.4) is 0 Å². The highest BCUT2D eigenvalue weighted by Crippen LogP contribution is 2.10. The van der Waals surface area contributed by atoms with Crippen LogP contribution in [-0.2, 0) is 4.79 Å². The Morgan fingerprint density at radius 2 is 1.88 bits per heavy atom. The van der Waals surface area contributed by atoms with E-state index in [0.717, 1.165) is 0 Å². The molecule has 1 aromatic carbocycles. The Morgan fingerprint density at radius 1 is 1.31 bits per heavy atom. The maximum absolute atomic E-state index is 11.6. The van der Waals surface area contributed by atoms with Crippen molar-refractivity contribution in [1.29, 1.82) is 0 Å². The maximum atomic E-state index is 11.6. The summed E-state index contributed by atoms with van der Waals surface area (Å²) >= 11 is 0. The number of urea groups is 1. The highest BCUT2D eigenvalue weighted by molar-refractivity contribution is 5.93. The van der Waals surface area contributed by atoms with Crippen LogP contribution in [0.4, 0.5) is 10.5 Å². The molecule has 1 atom stereocenters. The third kappa shape index (κ3) is 2.98. The second-order valence-electron chi connectivity index (χ2n) is 3.40. The molecule has 16 heavy (non-hydrogen) atoms. The van der Waals surface area contributed by atoms with Gasteiger partial charge in [-0.2, -0.15) is 0 Å². The van der Waals surface area contributed by atoms with Crippen molar-refractivity contribution in [2.75, 3.05) is 11.9 Å². The first-order valence-electron chi connectivity index (χ1n) is 4.84. The predicted molar refractivity (Wildman–Crippen MR) is 60.5 cm³/mol. The number of hydrogen-bond acceptors (Lipinski definition) is 2. The lowest BCUT2D eigenvalue weighted by molar-refractivity contribution is -0.138. The number of aliphatic carboxylic acids is 1. The van der Waals surface area contributed by atoms with E-state index in [0.29, 0.717) is 5.69 Å². The van der Waals surface area contributed by atoms with Crippen LogP contribution in [0.25, 0.3) is 0 Å². The summed E-state index contributed by atoms with van der Waals surface area (Å²) in [5, 5.41) is 11.0.